The minimum Gasteiger partial charge on any atom is -0.349 e. The highest BCUT2D eigenvalue weighted by atomic mass is 16.7. The van der Waals surface area contributed by atoms with Crippen molar-refractivity contribution in [1.29, 1.82) is 0 Å². The number of likely N-dealkylation sites (tertiary alicyclic amines) is 1. The first-order valence-electron chi connectivity index (χ1n) is 9.99. The number of piperidine rings is 1. The maximum atomic E-state index is 12.8. The van der Waals surface area contributed by atoms with Crippen LogP contribution in [0.1, 0.15) is 65.8 Å². The summed E-state index contributed by atoms with van der Waals surface area (Å²) in [5.41, 5.74) is 0.811. The number of amides is 2. The molecular weight excluding hydrogens is 346 g/mol. The largest absolute Gasteiger partial charge is 0.349 e. The molecule has 27 heavy (non-hydrogen) atoms. The third-order valence-corrected chi connectivity index (χ3v) is 5.81. The molecule has 3 heterocycles. The SMILES string of the molecule is O=C(NC1CCCCC1)c1ccnc(C(=O)N2CCC3(CC2)OCCO3)c1. The molecule has 1 N–H and O–H groups in total. The van der Waals surface area contributed by atoms with Crippen molar-refractivity contribution in [1.82, 2.24) is 15.2 Å². The van der Waals surface area contributed by atoms with E-state index in [0.717, 1.165) is 25.7 Å². The van der Waals surface area contributed by atoms with Crippen molar-refractivity contribution >= 4 is 11.8 Å². The third kappa shape index (κ3) is 4.14. The Balaban J connectivity index is 1.38. The zero-order valence-corrected chi connectivity index (χ0v) is 15.6. The summed E-state index contributed by atoms with van der Waals surface area (Å²) in [7, 11) is 0. The predicted octanol–water partition coefficient (Wildman–Crippen LogP) is 2.12. The number of hydrogen-bond donors (Lipinski definition) is 1. The van der Waals surface area contributed by atoms with E-state index in [2.05, 4.69) is 10.3 Å². The summed E-state index contributed by atoms with van der Waals surface area (Å²) >= 11 is 0. The van der Waals surface area contributed by atoms with Gasteiger partial charge in [-0.2, -0.15) is 0 Å². The molecule has 2 saturated heterocycles. The number of rotatable bonds is 3. The van der Waals surface area contributed by atoms with Crippen LogP contribution < -0.4 is 5.32 Å². The molecule has 7 nitrogen and oxygen atoms in total. The molecule has 4 rings (SSSR count). The number of hydrogen-bond acceptors (Lipinski definition) is 5. The number of nitrogens with zero attached hydrogens (tertiary/aromatic N) is 2. The van der Waals surface area contributed by atoms with Crippen molar-refractivity contribution in [3.8, 4) is 0 Å². The van der Waals surface area contributed by atoms with Crippen molar-refractivity contribution < 1.29 is 19.1 Å². The lowest BCUT2D eigenvalue weighted by molar-refractivity contribution is -0.181. The van der Waals surface area contributed by atoms with Crippen molar-refractivity contribution in [3.05, 3.63) is 29.6 Å². The molecule has 0 aromatic carbocycles. The average Bonchev–Trinajstić information content (AvgIpc) is 3.17. The second kappa shape index (κ2) is 7.94. The second-order valence-corrected chi connectivity index (χ2v) is 7.64. The average molecular weight is 373 g/mol. The number of ether oxygens (including phenoxy) is 2. The van der Waals surface area contributed by atoms with Crippen molar-refractivity contribution in [2.24, 2.45) is 0 Å². The van der Waals surface area contributed by atoms with Gasteiger partial charge in [-0.05, 0) is 25.0 Å². The van der Waals surface area contributed by atoms with Crippen LogP contribution in [0.2, 0.25) is 0 Å². The Bertz CT molecular complexity index is 686. The summed E-state index contributed by atoms with van der Waals surface area (Å²) < 4.78 is 11.4. The van der Waals surface area contributed by atoms with Crippen LogP contribution in [-0.4, -0.2) is 59.8 Å². The molecule has 0 atom stereocenters. The van der Waals surface area contributed by atoms with Crippen molar-refractivity contribution in [2.75, 3.05) is 26.3 Å². The Morgan fingerprint density at radius 1 is 1.11 bits per heavy atom. The first-order valence-corrected chi connectivity index (χ1v) is 9.99. The van der Waals surface area contributed by atoms with Crippen LogP contribution in [0, 0.1) is 0 Å². The minimum absolute atomic E-state index is 0.122. The topological polar surface area (TPSA) is 80.8 Å². The molecule has 1 aromatic rings. The normalized spacial score (nSPS) is 22.7. The first-order chi connectivity index (χ1) is 13.2. The lowest BCUT2D eigenvalue weighted by Crippen LogP contribution is -2.47. The van der Waals surface area contributed by atoms with Gasteiger partial charge in [-0.15, -0.1) is 0 Å². The standard InChI is InChI=1S/C20H27N3O4/c24-18(22-16-4-2-1-3-5-16)15-6-9-21-17(14-15)19(25)23-10-7-20(8-11-23)26-12-13-27-20/h6,9,14,16H,1-5,7-8,10-13H2,(H,22,24). The third-order valence-electron chi connectivity index (χ3n) is 5.81. The Hall–Kier alpha value is -1.99. The Morgan fingerprint density at radius 2 is 1.81 bits per heavy atom. The summed E-state index contributed by atoms with van der Waals surface area (Å²) in [6, 6.07) is 3.51. The van der Waals surface area contributed by atoms with Crippen LogP contribution in [0.15, 0.2) is 18.3 Å². The van der Waals surface area contributed by atoms with E-state index < -0.39 is 5.79 Å². The van der Waals surface area contributed by atoms with Crippen LogP contribution in [0.4, 0.5) is 0 Å². The van der Waals surface area contributed by atoms with E-state index in [-0.39, 0.29) is 17.9 Å². The number of aromatic nitrogens is 1. The highest BCUT2D eigenvalue weighted by Crippen LogP contribution is 2.31. The van der Waals surface area contributed by atoms with Crippen LogP contribution in [0.25, 0.3) is 0 Å². The summed E-state index contributed by atoms with van der Waals surface area (Å²) in [6.07, 6.45) is 8.50. The second-order valence-electron chi connectivity index (χ2n) is 7.64. The van der Waals surface area contributed by atoms with Crippen molar-refractivity contribution in [3.63, 3.8) is 0 Å². The van der Waals surface area contributed by atoms with Crippen LogP contribution in [0.5, 0.6) is 0 Å². The lowest BCUT2D eigenvalue weighted by Gasteiger charge is -2.37. The molecule has 1 spiro atoms. The Kier molecular flexibility index (Phi) is 5.41. The van der Waals surface area contributed by atoms with Gasteiger partial charge in [0.2, 0.25) is 0 Å². The zero-order valence-electron chi connectivity index (χ0n) is 15.6. The quantitative estimate of drug-likeness (QED) is 0.878. The Labute approximate surface area is 159 Å². The maximum absolute atomic E-state index is 12.8. The molecule has 1 aromatic heterocycles. The van der Waals surface area contributed by atoms with E-state index in [9.17, 15) is 9.59 Å². The van der Waals surface area contributed by atoms with Gasteiger partial charge in [0.05, 0.1) is 13.2 Å². The maximum Gasteiger partial charge on any atom is 0.272 e. The van der Waals surface area contributed by atoms with Gasteiger partial charge in [0.15, 0.2) is 5.79 Å². The van der Waals surface area contributed by atoms with Crippen LogP contribution >= 0.6 is 0 Å². The number of carbonyl (C=O) groups is 2. The van der Waals surface area contributed by atoms with Gasteiger partial charge in [-0.1, -0.05) is 19.3 Å². The molecule has 0 unspecified atom stereocenters. The van der Waals surface area contributed by atoms with E-state index >= 15 is 0 Å². The molecule has 2 amide bonds. The van der Waals surface area contributed by atoms with E-state index in [1.807, 2.05) is 0 Å². The van der Waals surface area contributed by atoms with Crippen LogP contribution in [-0.2, 0) is 9.47 Å². The zero-order chi connectivity index (χ0) is 18.7. The van der Waals surface area contributed by atoms with E-state index in [1.165, 1.54) is 12.6 Å². The summed E-state index contributed by atoms with van der Waals surface area (Å²) in [4.78, 5) is 31.3. The van der Waals surface area contributed by atoms with Gasteiger partial charge < -0.3 is 19.7 Å². The molecule has 146 valence electrons. The molecule has 7 heteroatoms. The van der Waals surface area contributed by atoms with Gasteiger partial charge in [-0.3, -0.25) is 14.6 Å². The van der Waals surface area contributed by atoms with E-state index in [4.69, 9.17) is 9.47 Å². The first kappa shape index (κ1) is 18.4. The molecule has 3 aliphatic rings. The van der Waals surface area contributed by atoms with Gasteiger partial charge >= 0.3 is 0 Å². The highest BCUT2D eigenvalue weighted by molar-refractivity contribution is 5.98. The molecule has 0 bridgehead atoms. The Morgan fingerprint density at radius 3 is 2.52 bits per heavy atom. The smallest absolute Gasteiger partial charge is 0.272 e. The van der Waals surface area contributed by atoms with Crippen molar-refractivity contribution in [2.45, 2.75) is 56.8 Å². The van der Waals surface area contributed by atoms with E-state index in [1.54, 1.807) is 17.0 Å². The number of carbonyl (C=O) groups excluding carboxylic acids is 2. The minimum atomic E-state index is -0.508. The molecule has 2 aliphatic heterocycles. The number of nitrogens with one attached hydrogen (secondary N) is 1. The van der Waals surface area contributed by atoms with Crippen LogP contribution in [0.3, 0.4) is 0 Å². The van der Waals surface area contributed by atoms with Gasteiger partial charge in [0.1, 0.15) is 5.69 Å². The molecule has 0 radical (unpaired) electrons. The van der Waals surface area contributed by atoms with Gasteiger partial charge in [-0.25, -0.2) is 0 Å². The molecular formula is C20H27N3O4. The van der Waals surface area contributed by atoms with Gasteiger partial charge in [0, 0.05) is 43.7 Å². The molecule has 1 aliphatic carbocycles. The van der Waals surface area contributed by atoms with Gasteiger partial charge in [0.25, 0.3) is 11.8 Å². The lowest BCUT2D eigenvalue weighted by atomic mass is 9.95. The monoisotopic (exact) mass is 373 g/mol. The summed E-state index contributed by atoms with van der Waals surface area (Å²) in [5.74, 6) is -0.773. The van der Waals surface area contributed by atoms with E-state index in [0.29, 0.717) is 50.4 Å². The molecule has 1 saturated carbocycles. The summed E-state index contributed by atoms with van der Waals surface area (Å²) in [6.45, 7) is 2.37. The molecule has 3 fully saturated rings. The highest BCUT2D eigenvalue weighted by Gasteiger charge is 2.41. The fourth-order valence-electron chi connectivity index (χ4n) is 4.20. The predicted molar refractivity (Wildman–Crippen MR) is 98.3 cm³/mol. The number of pyridine rings is 1. The summed E-state index contributed by atoms with van der Waals surface area (Å²) in [5, 5.41) is 3.09. The fraction of sp³-hybridized carbons (Fsp3) is 0.650. The fourth-order valence-corrected chi connectivity index (χ4v) is 4.20.